The van der Waals surface area contributed by atoms with Crippen molar-refractivity contribution < 1.29 is 9.59 Å². The Kier molecular flexibility index (Phi) is 7.67. The molecule has 2 rings (SSSR count). The lowest BCUT2D eigenvalue weighted by Crippen LogP contribution is -2.34. The van der Waals surface area contributed by atoms with E-state index in [4.69, 9.17) is 11.6 Å². The molecule has 2 unspecified atom stereocenters. The second-order valence-corrected chi connectivity index (χ2v) is 6.77. The molecule has 26 heavy (non-hydrogen) atoms. The van der Waals surface area contributed by atoms with Gasteiger partial charge in [-0.15, -0.1) is 0 Å². The normalized spacial score (nSPS) is 12.9. The summed E-state index contributed by atoms with van der Waals surface area (Å²) in [5, 5.41) is 6.46. The van der Waals surface area contributed by atoms with Crippen LogP contribution in [0.5, 0.6) is 0 Å². The van der Waals surface area contributed by atoms with E-state index in [-0.39, 0.29) is 30.2 Å². The zero-order valence-corrected chi connectivity index (χ0v) is 15.9. The zero-order chi connectivity index (χ0) is 18.9. The average molecular weight is 373 g/mol. The standard InChI is InChI=1S/C21H25ClN2O2/c1-3-16(17-7-5-4-6-8-17)14-23-21(26)13-20(24-15(2)25)18-9-11-19(22)12-10-18/h4-12,16,20H,3,13-14H2,1-2H3,(H,23,26)(H,24,25). The highest BCUT2D eigenvalue weighted by molar-refractivity contribution is 6.30. The molecular weight excluding hydrogens is 348 g/mol. The summed E-state index contributed by atoms with van der Waals surface area (Å²) in [5.74, 6) is 0.0106. The predicted molar refractivity (Wildman–Crippen MR) is 105 cm³/mol. The molecule has 2 aromatic rings. The lowest BCUT2D eigenvalue weighted by molar-refractivity contribution is -0.122. The number of nitrogens with one attached hydrogen (secondary N) is 2. The summed E-state index contributed by atoms with van der Waals surface area (Å²) in [6.07, 6.45) is 1.13. The third-order valence-corrected chi connectivity index (χ3v) is 4.60. The van der Waals surface area contributed by atoms with Gasteiger partial charge in [0.1, 0.15) is 0 Å². The zero-order valence-electron chi connectivity index (χ0n) is 15.2. The number of carbonyl (C=O) groups excluding carboxylic acids is 2. The van der Waals surface area contributed by atoms with Gasteiger partial charge in [0.2, 0.25) is 11.8 Å². The van der Waals surface area contributed by atoms with Crippen molar-refractivity contribution in [3.63, 3.8) is 0 Å². The van der Waals surface area contributed by atoms with Crippen LogP contribution in [0.4, 0.5) is 0 Å². The van der Waals surface area contributed by atoms with E-state index < -0.39 is 0 Å². The first-order chi connectivity index (χ1) is 12.5. The molecule has 4 nitrogen and oxygen atoms in total. The fraction of sp³-hybridized carbons (Fsp3) is 0.333. The van der Waals surface area contributed by atoms with Crippen molar-refractivity contribution in [2.45, 2.75) is 38.6 Å². The van der Waals surface area contributed by atoms with Crippen molar-refractivity contribution in [3.05, 3.63) is 70.7 Å². The summed E-state index contributed by atoms with van der Waals surface area (Å²) in [7, 11) is 0. The van der Waals surface area contributed by atoms with Crippen molar-refractivity contribution in [3.8, 4) is 0 Å². The molecular formula is C21H25ClN2O2. The van der Waals surface area contributed by atoms with E-state index in [0.717, 1.165) is 12.0 Å². The largest absolute Gasteiger partial charge is 0.355 e. The van der Waals surface area contributed by atoms with Crippen LogP contribution in [0.3, 0.4) is 0 Å². The Labute approximate surface area is 159 Å². The Bertz CT molecular complexity index is 717. The second-order valence-electron chi connectivity index (χ2n) is 6.33. The maximum absolute atomic E-state index is 12.4. The first-order valence-electron chi connectivity index (χ1n) is 8.83. The van der Waals surface area contributed by atoms with Gasteiger partial charge in [0.15, 0.2) is 0 Å². The summed E-state index contributed by atoms with van der Waals surface area (Å²) < 4.78 is 0. The minimum Gasteiger partial charge on any atom is -0.355 e. The fourth-order valence-corrected chi connectivity index (χ4v) is 3.04. The first kappa shape index (κ1) is 20.0. The lowest BCUT2D eigenvalue weighted by atomic mass is 9.96. The summed E-state index contributed by atoms with van der Waals surface area (Å²) >= 11 is 5.92. The van der Waals surface area contributed by atoms with Gasteiger partial charge in [-0.3, -0.25) is 9.59 Å². The molecule has 0 saturated heterocycles. The van der Waals surface area contributed by atoms with Crippen molar-refractivity contribution in [1.82, 2.24) is 10.6 Å². The van der Waals surface area contributed by atoms with E-state index in [2.05, 4.69) is 29.7 Å². The summed E-state index contributed by atoms with van der Waals surface area (Å²) in [4.78, 5) is 23.9. The highest BCUT2D eigenvalue weighted by Crippen LogP contribution is 2.21. The Balaban J connectivity index is 1.98. The van der Waals surface area contributed by atoms with Crippen LogP contribution in [0.25, 0.3) is 0 Å². The maximum atomic E-state index is 12.4. The third kappa shape index (κ3) is 6.19. The van der Waals surface area contributed by atoms with Crippen molar-refractivity contribution in [1.29, 1.82) is 0 Å². The summed E-state index contributed by atoms with van der Waals surface area (Å²) in [6.45, 7) is 4.13. The Morgan fingerprint density at radius 2 is 1.65 bits per heavy atom. The predicted octanol–water partition coefficient (Wildman–Crippen LogP) is 4.22. The van der Waals surface area contributed by atoms with Crippen LogP contribution in [-0.2, 0) is 9.59 Å². The van der Waals surface area contributed by atoms with E-state index in [1.807, 2.05) is 30.3 Å². The smallest absolute Gasteiger partial charge is 0.222 e. The Hall–Kier alpha value is -2.33. The van der Waals surface area contributed by atoms with Crippen LogP contribution in [0, 0.1) is 0 Å². The molecule has 5 heteroatoms. The van der Waals surface area contributed by atoms with E-state index in [1.54, 1.807) is 12.1 Å². The summed E-state index contributed by atoms with van der Waals surface area (Å²) in [6, 6.07) is 16.9. The highest BCUT2D eigenvalue weighted by Gasteiger charge is 2.18. The van der Waals surface area contributed by atoms with E-state index in [1.165, 1.54) is 12.5 Å². The Morgan fingerprint density at radius 3 is 2.23 bits per heavy atom. The quantitative estimate of drug-likeness (QED) is 0.729. The van der Waals surface area contributed by atoms with Crippen LogP contribution in [0.15, 0.2) is 54.6 Å². The number of hydrogen-bond acceptors (Lipinski definition) is 2. The molecule has 0 radical (unpaired) electrons. The third-order valence-electron chi connectivity index (χ3n) is 4.35. The lowest BCUT2D eigenvalue weighted by Gasteiger charge is -2.20. The Morgan fingerprint density at radius 1 is 1.00 bits per heavy atom. The van der Waals surface area contributed by atoms with Crippen molar-refractivity contribution in [2.24, 2.45) is 0 Å². The van der Waals surface area contributed by atoms with Gasteiger partial charge in [0.05, 0.1) is 12.5 Å². The van der Waals surface area contributed by atoms with Crippen molar-refractivity contribution in [2.75, 3.05) is 6.54 Å². The van der Waals surface area contributed by atoms with Crippen LogP contribution in [-0.4, -0.2) is 18.4 Å². The number of halogens is 1. The van der Waals surface area contributed by atoms with Crippen LogP contribution >= 0.6 is 11.6 Å². The van der Waals surface area contributed by atoms with Crippen LogP contribution in [0.1, 0.15) is 49.8 Å². The number of rotatable bonds is 8. The first-order valence-corrected chi connectivity index (χ1v) is 9.21. The number of hydrogen-bond donors (Lipinski definition) is 2. The molecule has 2 aromatic carbocycles. The van der Waals surface area contributed by atoms with Gasteiger partial charge in [-0.2, -0.15) is 0 Å². The molecule has 0 aliphatic carbocycles. The molecule has 0 aliphatic heterocycles. The molecule has 0 bridgehead atoms. The fourth-order valence-electron chi connectivity index (χ4n) is 2.91. The van der Waals surface area contributed by atoms with Gasteiger partial charge < -0.3 is 10.6 Å². The van der Waals surface area contributed by atoms with E-state index in [0.29, 0.717) is 11.6 Å². The topological polar surface area (TPSA) is 58.2 Å². The monoisotopic (exact) mass is 372 g/mol. The van der Waals surface area contributed by atoms with E-state index in [9.17, 15) is 9.59 Å². The van der Waals surface area contributed by atoms with Gasteiger partial charge >= 0.3 is 0 Å². The van der Waals surface area contributed by atoms with Crippen molar-refractivity contribution >= 4 is 23.4 Å². The molecule has 138 valence electrons. The second kappa shape index (κ2) is 9.97. The minimum absolute atomic E-state index is 0.0897. The number of carbonyl (C=O) groups is 2. The van der Waals surface area contributed by atoms with Gasteiger partial charge in [-0.1, -0.05) is 61.0 Å². The average Bonchev–Trinajstić information content (AvgIpc) is 2.63. The number of benzene rings is 2. The van der Waals surface area contributed by atoms with Crippen LogP contribution in [0.2, 0.25) is 5.02 Å². The van der Waals surface area contributed by atoms with Gasteiger partial charge in [-0.25, -0.2) is 0 Å². The molecule has 2 amide bonds. The highest BCUT2D eigenvalue weighted by atomic mass is 35.5. The molecule has 0 spiro atoms. The molecule has 2 N–H and O–H groups in total. The molecule has 0 fully saturated rings. The molecule has 0 heterocycles. The summed E-state index contributed by atoms with van der Waals surface area (Å²) in [5.41, 5.74) is 2.07. The maximum Gasteiger partial charge on any atom is 0.222 e. The van der Waals surface area contributed by atoms with E-state index >= 15 is 0 Å². The SMILES string of the molecule is CCC(CNC(=O)CC(NC(C)=O)c1ccc(Cl)cc1)c1ccccc1. The minimum atomic E-state index is -0.374. The van der Waals surface area contributed by atoms with Gasteiger partial charge in [-0.05, 0) is 29.7 Å². The molecule has 2 atom stereocenters. The van der Waals surface area contributed by atoms with Gasteiger partial charge in [0, 0.05) is 24.4 Å². The number of amides is 2. The molecule has 0 aromatic heterocycles. The van der Waals surface area contributed by atoms with Gasteiger partial charge in [0.25, 0.3) is 0 Å². The van der Waals surface area contributed by atoms with Crippen LogP contribution < -0.4 is 10.6 Å². The molecule has 0 aliphatic rings. The molecule has 0 saturated carbocycles.